The molecule has 4 aromatic rings. The third kappa shape index (κ3) is 4.54. The van der Waals surface area contributed by atoms with Crippen LogP contribution in [0, 0.1) is 17.0 Å². The lowest BCUT2D eigenvalue weighted by molar-refractivity contribution is -0.384. The maximum absolute atomic E-state index is 12.5. The second-order valence-corrected chi connectivity index (χ2v) is 7.86. The van der Waals surface area contributed by atoms with Crippen LogP contribution in [-0.4, -0.2) is 26.8 Å². The van der Waals surface area contributed by atoms with Crippen LogP contribution in [0.3, 0.4) is 0 Å². The molecule has 1 heterocycles. The number of rotatable bonds is 6. The highest BCUT2D eigenvalue weighted by Gasteiger charge is 2.17. The minimum Gasteiger partial charge on any atom is -0.320 e. The largest absolute Gasteiger partial charge is 0.320 e. The van der Waals surface area contributed by atoms with E-state index in [9.17, 15) is 14.9 Å². The van der Waals surface area contributed by atoms with Gasteiger partial charge in [-0.25, -0.2) is 0 Å². The average molecular weight is 430 g/mol. The van der Waals surface area contributed by atoms with E-state index in [4.69, 9.17) is 0 Å². The fourth-order valence-corrected chi connectivity index (χ4v) is 4.09. The number of benzene rings is 3. The number of nitro benzene ring substituents is 1. The lowest BCUT2D eigenvalue weighted by atomic mass is 10.00. The maximum Gasteiger partial charge on any atom is 0.293 e. The van der Waals surface area contributed by atoms with Crippen molar-refractivity contribution in [3.05, 3.63) is 88.6 Å². The second-order valence-electron chi connectivity index (χ2n) is 6.89. The Labute approximate surface area is 182 Å². The van der Waals surface area contributed by atoms with Crippen molar-refractivity contribution in [1.82, 2.24) is 10.2 Å². The fraction of sp³-hybridized carbons (Fsp3) is 0.0870. The van der Waals surface area contributed by atoms with Gasteiger partial charge in [0.05, 0.1) is 16.9 Å². The first-order valence-electron chi connectivity index (χ1n) is 9.50. The number of hydrogen-bond acceptors (Lipinski definition) is 6. The summed E-state index contributed by atoms with van der Waals surface area (Å²) < 4.78 is 0. The predicted octanol–water partition coefficient (Wildman–Crippen LogP) is 5.24. The molecule has 31 heavy (non-hydrogen) atoms. The van der Waals surface area contributed by atoms with Gasteiger partial charge in [0.1, 0.15) is 10.7 Å². The number of thioether (sulfide) groups is 1. The van der Waals surface area contributed by atoms with Crippen LogP contribution in [0.1, 0.15) is 5.56 Å². The Morgan fingerprint density at radius 1 is 1.06 bits per heavy atom. The number of nitro groups is 1. The van der Waals surface area contributed by atoms with Gasteiger partial charge in [0.25, 0.3) is 5.69 Å². The standard InChI is InChI=1S/C23H18N4O3S/c1-15-9-10-20(21(13-15)27(29)30)25-22(28)14-31-23-19(11-12-24-26-23)18-8-4-6-16-5-2-3-7-17(16)18/h2-13H,14H2,1H3,(H,25,28). The lowest BCUT2D eigenvalue weighted by Gasteiger charge is -2.11. The van der Waals surface area contributed by atoms with Crippen molar-refractivity contribution >= 4 is 39.8 Å². The highest BCUT2D eigenvalue weighted by Crippen LogP contribution is 2.34. The molecule has 0 radical (unpaired) electrons. The molecular weight excluding hydrogens is 412 g/mol. The first-order valence-corrected chi connectivity index (χ1v) is 10.5. The minimum atomic E-state index is -0.503. The third-order valence-corrected chi connectivity index (χ3v) is 5.71. The van der Waals surface area contributed by atoms with Gasteiger partial charge >= 0.3 is 0 Å². The topological polar surface area (TPSA) is 98.0 Å². The number of anilines is 1. The van der Waals surface area contributed by atoms with Crippen LogP contribution in [-0.2, 0) is 4.79 Å². The average Bonchev–Trinajstić information content (AvgIpc) is 2.78. The Morgan fingerprint density at radius 2 is 1.87 bits per heavy atom. The molecule has 154 valence electrons. The Balaban J connectivity index is 1.56. The van der Waals surface area contributed by atoms with Crippen molar-refractivity contribution in [1.29, 1.82) is 0 Å². The van der Waals surface area contributed by atoms with Gasteiger partial charge in [0.15, 0.2) is 0 Å². The van der Waals surface area contributed by atoms with Gasteiger partial charge < -0.3 is 5.32 Å². The number of carbonyl (C=O) groups is 1. The molecule has 1 N–H and O–H groups in total. The zero-order valence-corrected chi connectivity index (χ0v) is 17.4. The molecule has 1 amide bonds. The van der Waals surface area contributed by atoms with E-state index in [0.717, 1.165) is 27.5 Å². The summed E-state index contributed by atoms with van der Waals surface area (Å²) in [7, 11) is 0. The van der Waals surface area contributed by atoms with E-state index in [1.165, 1.54) is 17.8 Å². The molecule has 7 nitrogen and oxygen atoms in total. The second kappa shape index (κ2) is 8.93. The van der Waals surface area contributed by atoms with Crippen molar-refractivity contribution in [3.63, 3.8) is 0 Å². The molecule has 0 bridgehead atoms. The molecule has 0 saturated carbocycles. The molecule has 0 unspecified atom stereocenters. The van der Waals surface area contributed by atoms with Crippen molar-refractivity contribution in [2.24, 2.45) is 0 Å². The molecule has 0 atom stereocenters. The van der Waals surface area contributed by atoms with Crippen molar-refractivity contribution in [2.75, 3.05) is 11.1 Å². The summed E-state index contributed by atoms with van der Waals surface area (Å²) in [4.78, 5) is 23.3. The molecule has 3 aromatic carbocycles. The number of fused-ring (bicyclic) bond motifs is 1. The van der Waals surface area contributed by atoms with E-state index in [-0.39, 0.29) is 23.0 Å². The number of nitrogens with zero attached hydrogens (tertiary/aromatic N) is 3. The first-order chi connectivity index (χ1) is 15.0. The number of aryl methyl sites for hydroxylation is 1. The van der Waals surface area contributed by atoms with E-state index in [1.807, 2.05) is 48.5 Å². The minimum absolute atomic E-state index is 0.0431. The van der Waals surface area contributed by atoms with E-state index in [2.05, 4.69) is 15.5 Å². The van der Waals surface area contributed by atoms with Gasteiger partial charge in [0.2, 0.25) is 5.91 Å². The Bertz CT molecular complexity index is 1290. The van der Waals surface area contributed by atoms with E-state index < -0.39 is 4.92 Å². The van der Waals surface area contributed by atoms with Gasteiger partial charge in [0, 0.05) is 11.6 Å². The number of amides is 1. The molecule has 0 aliphatic heterocycles. The molecule has 1 aromatic heterocycles. The van der Waals surface area contributed by atoms with Crippen LogP contribution in [0.15, 0.2) is 78.0 Å². The maximum atomic E-state index is 12.5. The predicted molar refractivity (Wildman–Crippen MR) is 122 cm³/mol. The van der Waals surface area contributed by atoms with Gasteiger partial charge in [-0.2, -0.15) is 5.10 Å². The molecule has 4 rings (SSSR count). The number of carbonyl (C=O) groups excluding carboxylic acids is 1. The quantitative estimate of drug-likeness (QED) is 0.255. The Kier molecular flexibility index (Phi) is 5.90. The van der Waals surface area contributed by atoms with Crippen molar-refractivity contribution < 1.29 is 9.72 Å². The zero-order chi connectivity index (χ0) is 21.8. The number of aromatic nitrogens is 2. The number of nitrogens with one attached hydrogen (secondary N) is 1. The van der Waals surface area contributed by atoms with Crippen LogP contribution in [0.5, 0.6) is 0 Å². The zero-order valence-electron chi connectivity index (χ0n) is 16.6. The van der Waals surface area contributed by atoms with Crippen LogP contribution < -0.4 is 5.32 Å². The molecular formula is C23H18N4O3S. The summed E-state index contributed by atoms with van der Waals surface area (Å²) >= 11 is 1.24. The highest BCUT2D eigenvalue weighted by atomic mass is 32.2. The van der Waals surface area contributed by atoms with Gasteiger partial charge in [-0.05, 0) is 41.0 Å². The fourth-order valence-electron chi connectivity index (χ4n) is 3.31. The van der Waals surface area contributed by atoms with Crippen LogP contribution in [0.25, 0.3) is 21.9 Å². The van der Waals surface area contributed by atoms with E-state index in [1.54, 1.807) is 25.3 Å². The van der Waals surface area contributed by atoms with Gasteiger partial charge in [-0.1, -0.05) is 60.3 Å². The van der Waals surface area contributed by atoms with Gasteiger partial charge in [-0.3, -0.25) is 14.9 Å². The third-order valence-electron chi connectivity index (χ3n) is 4.73. The first kappa shape index (κ1) is 20.5. The smallest absolute Gasteiger partial charge is 0.293 e. The molecule has 0 spiro atoms. The van der Waals surface area contributed by atoms with Crippen LogP contribution >= 0.6 is 11.8 Å². The summed E-state index contributed by atoms with van der Waals surface area (Å²) in [6, 6.07) is 20.7. The highest BCUT2D eigenvalue weighted by molar-refractivity contribution is 8.00. The molecule has 8 heteroatoms. The summed E-state index contributed by atoms with van der Waals surface area (Å²) in [5.74, 6) is -0.312. The molecule has 0 aliphatic rings. The Hall–Kier alpha value is -3.78. The SMILES string of the molecule is Cc1ccc(NC(=O)CSc2nnccc2-c2cccc3ccccc23)c([N+](=O)[O-])c1. The van der Waals surface area contributed by atoms with Crippen LogP contribution in [0.2, 0.25) is 0 Å². The summed E-state index contributed by atoms with van der Waals surface area (Å²) in [6.07, 6.45) is 1.62. The van der Waals surface area contributed by atoms with E-state index in [0.29, 0.717) is 5.03 Å². The van der Waals surface area contributed by atoms with E-state index >= 15 is 0 Å². The lowest BCUT2D eigenvalue weighted by Crippen LogP contribution is -2.15. The summed E-state index contributed by atoms with van der Waals surface area (Å²) in [5, 5.41) is 24.9. The monoisotopic (exact) mass is 430 g/mol. The summed E-state index contributed by atoms with van der Waals surface area (Å²) in [6.45, 7) is 1.76. The normalized spacial score (nSPS) is 10.7. The van der Waals surface area contributed by atoms with Crippen LogP contribution in [0.4, 0.5) is 11.4 Å². The summed E-state index contributed by atoms with van der Waals surface area (Å²) in [5.41, 5.74) is 2.68. The van der Waals surface area contributed by atoms with Crippen molar-refractivity contribution in [3.8, 4) is 11.1 Å². The molecule has 0 saturated heterocycles. The van der Waals surface area contributed by atoms with Gasteiger partial charge in [-0.15, -0.1) is 5.10 Å². The number of hydrogen-bond donors (Lipinski definition) is 1. The Morgan fingerprint density at radius 3 is 2.71 bits per heavy atom. The van der Waals surface area contributed by atoms with Crippen molar-refractivity contribution in [2.45, 2.75) is 11.9 Å². The molecule has 0 fully saturated rings. The molecule has 0 aliphatic carbocycles.